The van der Waals surface area contributed by atoms with Crippen molar-refractivity contribution in [3.8, 4) is 11.3 Å². The van der Waals surface area contributed by atoms with Gasteiger partial charge in [0.1, 0.15) is 3.74 Å². The largest absolute Gasteiger partial charge is 0.399 e. The van der Waals surface area contributed by atoms with Crippen molar-refractivity contribution in [2.45, 2.75) is 17.6 Å². The highest BCUT2D eigenvalue weighted by molar-refractivity contribution is 9.25. The molecule has 11 aromatic rings. The molecule has 4 N–H and O–H groups in total. The number of anilines is 7. The van der Waals surface area contributed by atoms with Gasteiger partial charge >= 0.3 is 0 Å². The van der Waals surface area contributed by atoms with E-state index < -0.39 is 0 Å². The third kappa shape index (κ3) is 24.8. The lowest BCUT2D eigenvalue weighted by Crippen LogP contribution is -2.10. The molecule has 0 amide bonds. The molecule has 0 aliphatic heterocycles. The van der Waals surface area contributed by atoms with Crippen LogP contribution in [0.5, 0.6) is 0 Å². The zero-order chi connectivity index (χ0) is 70.2. The van der Waals surface area contributed by atoms with E-state index in [0.29, 0.717) is 32.6 Å². The second-order valence-corrected chi connectivity index (χ2v) is 30.0. The van der Waals surface area contributed by atoms with Gasteiger partial charge in [-0.15, -0.1) is 0 Å². The Bertz CT molecular complexity index is 4210. The Morgan fingerprint density at radius 3 is 1.19 bits per heavy atom. The zero-order valence-electron chi connectivity index (χ0n) is 54.7. The van der Waals surface area contributed by atoms with Crippen LogP contribution in [-0.4, -0.2) is 128 Å². The third-order valence-corrected chi connectivity index (χ3v) is 18.4. The number of fused-ring (bicyclic) bond motifs is 4. The Morgan fingerprint density at radius 1 is 0.453 bits per heavy atom. The van der Waals surface area contributed by atoms with Crippen LogP contribution in [0.3, 0.4) is 0 Å². The standard InChI is InChI=1S/C17H14BrN3S.C10H11Br2NO.2C10H12BrNO.C10H13NO.C8H9NO.C7H5BrN2S/c1-20(2)13-6-3-11(4-7-13)14-10-21-15-8-5-12(18)9-16(15)22-17(21)19-14;1-13(2)8-5-3-7(4-6-8)9(14)10(11)12;2*1-12(2)9-5-3-8(4-6-9)10(13)7-11;1-8(12)9-4-6-10(7-5-9)11(2)3;1-6(10)7-2-4-8(9)5-3-7;8-4-1-2-5-6(3-4)11-7(9)10-5/h3-10H,1-2H3;3-6,10H,1-2H3;2*3-6H,7H2,1-2H3;4-7H,1-3H3;2-5H,9H2,1H3;1-3H,(H2,9,10). The fraction of sp³-hybridized carbons (Fsp3) is 0.208. The highest BCUT2D eigenvalue weighted by Gasteiger charge is 2.14. The van der Waals surface area contributed by atoms with Crippen molar-refractivity contribution < 1.29 is 24.0 Å². The quantitative estimate of drug-likeness (QED) is 0.0595. The first-order valence-electron chi connectivity index (χ1n) is 29.1. The Labute approximate surface area is 615 Å². The maximum absolute atomic E-state index is 11.5. The molecule has 3 heterocycles. The minimum Gasteiger partial charge on any atom is -0.399 e. The van der Waals surface area contributed by atoms with Crippen LogP contribution in [0.1, 0.15) is 65.6 Å². The molecule has 0 bridgehead atoms. The molecule has 0 atom stereocenters. The van der Waals surface area contributed by atoms with Gasteiger partial charge in [0.25, 0.3) is 0 Å². The summed E-state index contributed by atoms with van der Waals surface area (Å²) in [5.74, 6) is 0.450. The van der Waals surface area contributed by atoms with Crippen molar-refractivity contribution in [3.05, 3.63) is 225 Å². The number of carbonyl (C=O) groups is 5. The molecule has 23 heteroatoms. The lowest BCUT2D eigenvalue weighted by molar-refractivity contribution is 0.100. The van der Waals surface area contributed by atoms with Gasteiger partial charge < -0.3 is 36.0 Å². The van der Waals surface area contributed by atoms with Crippen LogP contribution < -0.4 is 36.0 Å². The second kappa shape index (κ2) is 38.6. The highest BCUT2D eigenvalue weighted by Crippen LogP contribution is 2.32. The molecule has 0 fully saturated rings. The number of benzene rings is 8. The molecule has 0 radical (unpaired) electrons. The van der Waals surface area contributed by atoms with Crippen molar-refractivity contribution in [3.63, 3.8) is 0 Å². The third-order valence-electron chi connectivity index (χ3n) is 13.7. The average Bonchev–Trinajstić information content (AvgIpc) is 1.63. The van der Waals surface area contributed by atoms with E-state index in [1.807, 2.05) is 205 Å². The summed E-state index contributed by atoms with van der Waals surface area (Å²) in [6.07, 6.45) is 2.12. The van der Waals surface area contributed by atoms with Crippen LogP contribution in [0.15, 0.2) is 197 Å². The molecule has 3 aromatic heterocycles. The molecule has 0 aliphatic rings. The summed E-state index contributed by atoms with van der Waals surface area (Å²) in [4.78, 5) is 75.7. The smallest absolute Gasteiger partial charge is 0.195 e. The normalized spacial score (nSPS) is 10.3. The fourth-order valence-corrected chi connectivity index (χ4v) is 12.3. The first-order chi connectivity index (χ1) is 45.0. The zero-order valence-corrected chi connectivity index (χ0v) is 65.9. The predicted molar refractivity (Wildman–Crippen MR) is 426 cm³/mol. The average molecular weight is 1710 g/mol. The molecule has 95 heavy (non-hydrogen) atoms. The van der Waals surface area contributed by atoms with Crippen molar-refractivity contribution in [1.82, 2.24) is 14.4 Å². The Balaban J connectivity index is 0.000000204. The maximum Gasteiger partial charge on any atom is 0.195 e. The molecule has 15 nitrogen and oxygen atoms in total. The van der Waals surface area contributed by atoms with Gasteiger partial charge in [-0.3, -0.25) is 28.4 Å². The number of nitrogens with two attached hydrogens (primary N) is 2. The first kappa shape index (κ1) is 78.6. The minimum absolute atomic E-state index is 0.0373. The lowest BCUT2D eigenvalue weighted by atomic mass is 10.1. The van der Waals surface area contributed by atoms with Crippen molar-refractivity contribution in [1.29, 1.82) is 0 Å². The fourth-order valence-electron chi connectivity index (χ4n) is 8.27. The first-order valence-corrected chi connectivity index (χ1v) is 36.4. The van der Waals surface area contributed by atoms with E-state index in [0.717, 1.165) is 74.8 Å². The van der Waals surface area contributed by atoms with E-state index >= 15 is 0 Å². The van der Waals surface area contributed by atoms with Gasteiger partial charge in [0, 0.05) is 153 Å². The number of thiazole rings is 2. The lowest BCUT2D eigenvalue weighted by Gasteiger charge is -2.12. The molecule has 498 valence electrons. The van der Waals surface area contributed by atoms with Crippen molar-refractivity contribution in [2.24, 2.45) is 0 Å². The molecule has 0 aliphatic carbocycles. The monoisotopic (exact) mass is 1700 g/mol. The molecule has 0 saturated carbocycles. The van der Waals surface area contributed by atoms with Crippen LogP contribution >= 0.6 is 118 Å². The molecular weight excluding hydrogens is 1630 g/mol. The number of Topliss-reactive ketones (excluding diaryl/α,β-unsaturated/α-hetero) is 5. The number of imidazole rings is 1. The van der Waals surface area contributed by atoms with Crippen LogP contribution in [0.4, 0.5) is 39.3 Å². The molecule has 11 rings (SSSR count). The number of ketones is 5. The van der Waals surface area contributed by atoms with Gasteiger partial charge in [-0.25, -0.2) is 9.97 Å². The summed E-state index contributed by atoms with van der Waals surface area (Å²) >= 11 is 22.8. The summed E-state index contributed by atoms with van der Waals surface area (Å²) in [6, 6.07) is 57.9. The number of alkyl halides is 4. The van der Waals surface area contributed by atoms with Crippen LogP contribution in [-0.2, 0) is 0 Å². The summed E-state index contributed by atoms with van der Waals surface area (Å²) in [7, 11) is 19.9. The molecule has 8 aromatic carbocycles. The molecular formula is C72H76Br6N10O5S2. The number of hydrogen-bond acceptors (Lipinski definition) is 16. The van der Waals surface area contributed by atoms with E-state index in [1.165, 1.54) is 34.2 Å². The number of halogens is 6. The van der Waals surface area contributed by atoms with E-state index in [1.54, 1.807) is 42.5 Å². The Hall–Kier alpha value is -7.09. The van der Waals surface area contributed by atoms with Crippen LogP contribution in [0, 0.1) is 0 Å². The molecule has 0 saturated heterocycles. The van der Waals surface area contributed by atoms with Gasteiger partial charge in [0.05, 0.1) is 36.8 Å². The summed E-state index contributed by atoms with van der Waals surface area (Å²) in [6.45, 7) is 3.11. The Kier molecular flexibility index (Phi) is 31.9. The topological polar surface area (TPSA) is 184 Å². The van der Waals surface area contributed by atoms with E-state index in [9.17, 15) is 24.0 Å². The SMILES string of the molecule is CC(=O)c1ccc(N(C)C)cc1.CC(=O)c1ccc(N)cc1.CN(C)c1ccc(-c2cn3c(n2)sc2cc(Br)ccc23)cc1.CN(C)c1ccc(C(=O)C(Br)Br)cc1.CN(C)c1ccc(C(=O)CBr)cc1.CN(C)c1ccc(C(=O)CBr)cc1.Nc1nc2ccc(Br)cc2s1. The Morgan fingerprint density at radius 2 is 0.811 bits per heavy atom. The number of carbonyl (C=O) groups excluding carboxylic acids is 5. The summed E-state index contributed by atoms with van der Waals surface area (Å²) in [5, 5.41) is 1.39. The molecule has 0 unspecified atom stereocenters. The maximum atomic E-state index is 11.5. The number of nitrogens with zero attached hydrogens (tertiary/aromatic N) is 8. The number of hydrogen-bond donors (Lipinski definition) is 2. The predicted octanol–water partition coefficient (Wildman–Crippen LogP) is 18.8. The van der Waals surface area contributed by atoms with Crippen molar-refractivity contribution >= 4 is 212 Å². The van der Waals surface area contributed by atoms with Crippen LogP contribution in [0.2, 0.25) is 0 Å². The van der Waals surface area contributed by atoms with E-state index in [4.69, 9.17) is 16.5 Å². The molecule has 0 spiro atoms. The second-order valence-electron chi connectivity index (χ2n) is 21.9. The van der Waals surface area contributed by atoms with Gasteiger partial charge in [-0.2, -0.15) is 0 Å². The number of rotatable bonds is 14. The van der Waals surface area contributed by atoms with Crippen LogP contribution in [0.25, 0.3) is 36.7 Å². The van der Waals surface area contributed by atoms with Gasteiger partial charge in [-0.1, -0.05) is 130 Å². The van der Waals surface area contributed by atoms with Gasteiger partial charge in [-0.05, 0) is 184 Å². The summed E-state index contributed by atoms with van der Waals surface area (Å²) in [5.41, 5.74) is 25.2. The van der Waals surface area contributed by atoms with E-state index in [-0.39, 0.29) is 32.7 Å². The number of nitrogen functional groups attached to an aromatic ring is 2. The number of aromatic nitrogens is 3. The minimum atomic E-state index is -0.305. The highest BCUT2D eigenvalue weighted by atomic mass is 79.9. The van der Waals surface area contributed by atoms with Gasteiger partial charge in [0.15, 0.2) is 39.0 Å². The van der Waals surface area contributed by atoms with E-state index in [2.05, 4.69) is 159 Å². The van der Waals surface area contributed by atoms with Gasteiger partial charge in [0.2, 0.25) is 0 Å². The van der Waals surface area contributed by atoms with Crippen molar-refractivity contribution in [2.75, 3.05) is 117 Å². The summed E-state index contributed by atoms with van der Waals surface area (Å²) < 4.78 is 6.39.